The lowest BCUT2D eigenvalue weighted by molar-refractivity contribution is -0.116. The fourth-order valence-electron chi connectivity index (χ4n) is 3.22. The summed E-state index contributed by atoms with van der Waals surface area (Å²) in [6.45, 7) is 0. The number of nitrogens with two attached hydrogens (primary N) is 1. The first-order valence-corrected chi connectivity index (χ1v) is 9.62. The van der Waals surface area contributed by atoms with Crippen LogP contribution in [0.15, 0.2) is 52.3 Å². The molecule has 1 amide bonds. The molecule has 0 bridgehead atoms. The Balaban J connectivity index is 1.46. The van der Waals surface area contributed by atoms with Gasteiger partial charge in [-0.1, -0.05) is 23.3 Å². The number of carbonyl (C=O) groups excluding carboxylic acids is 1. The van der Waals surface area contributed by atoms with Crippen molar-refractivity contribution < 1.29 is 9.21 Å². The Bertz CT molecular complexity index is 1200. The van der Waals surface area contributed by atoms with Gasteiger partial charge in [0.05, 0.1) is 5.69 Å². The quantitative estimate of drug-likeness (QED) is 0.548. The Labute approximate surface area is 164 Å². The van der Waals surface area contributed by atoms with Gasteiger partial charge in [-0.2, -0.15) is 0 Å². The number of nitrogen functional groups attached to an aromatic ring is 1. The molecular weight excluding hydrogens is 374 g/mol. The molecule has 7 nitrogen and oxygen atoms in total. The van der Waals surface area contributed by atoms with Crippen LogP contribution in [0.2, 0.25) is 0 Å². The van der Waals surface area contributed by atoms with E-state index in [9.17, 15) is 4.79 Å². The third kappa shape index (κ3) is 3.03. The Morgan fingerprint density at radius 3 is 2.79 bits per heavy atom. The van der Waals surface area contributed by atoms with Gasteiger partial charge >= 0.3 is 6.01 Å². The molecule has 0 saturated carbocycles. The van der Waals surface area contributed by atoms with Crippen LogP contribution in [0.1, 0.15) is 12.0 Å². The van der Waals surface area contributed by atoms with Gasteiger partial charge in [0.25, 0.3) is 0 Å². The van der Waals surface area contributed by atoms with Gasteiger partial charge in [0.2, 0.25) is 11.8 Å². The van der Waals surface area contributed by atoms with E-state index in [0.29, 0.717) is 12.3 Å². The summed E-state index contributed by atoms with van der Waals surface area (Å²) in [4.78, 5) is 16.3. The van der Waals surface area contributed by atoms with Crippen LogP contribution >= 0.6 is 11.3 Å². The normalized spacial score (nSPS) is 13.2. The summed E-state index contributed by atoms with van der Waals surface area (Å²) in [6.07, 6.45) is 1.27. The van der Waals surface area contributed by atoms with Crippen molar-refractivity contribution in [3.8, 4) is 33.3 Å². The van der Waals surface area contributed by atoms with E-state index in [1.165, 1.54) is 0 Å². The van der Waals surface area contributed by atoms with E-state index in [1.807, 2.05) is 41.8 Å². The number of nitrogens with one attached hydrogen (secondary N) is 1. The lowest BCUT2D eigenvalue weighted by atomic mass is 9.99. The second kappa shape index (κ2) is 6.58. The summed E-state index contributed by atoms with van der Waals surface area (Å²) < 4.78 is 5.30. The van der Waals surface area contributed by atoms with Crippen LogP contribution in [0, 0.1) is 0 Å². The molecule has 0 radical (unpaired) electrons. The van der Waals surface area contributed by atoms with Crippen molar-refractivity contribution in [3.05, 3.63) is 53.4 Å². The third-order valence-corrected chi connectivity index (χ3v) is 5.49. The van der Waals surface area contributed by atoms with Crippen LogP contribution < -0.4 is 11.1 Å². The lowest BCUT2D eigenvalue weighted by Gasteiger charge is -2.17. The van der Waals surface area contributed by atoms with Crippen molar-refractivity contribution in [3.63, 3.8) is 0 Å². The molecule has 0 unspecified atom stereocenters. The zero-order valence-corrected chi connectivity index (χ0v) is 15.5. The first-order chi connectivity index (χ1) is 13.7. The molecule has 0 fully saturated rings. The average Bonchev–Trinajstić information content (AvgIpc) is 3.37. The minimum atomic E-state index is 0.0422. The van der Waals surface area contributed by atoms with Crippen LogP contribution in [-0.4, -0.2) is 21.1 Å². The summed E-state index contributed by atoms with van der Waals surface area (Å²) in [7, 11) is 0. The minimum absolute atomic E-state index is 0.0422. The van der Waals surface area contributed by atoms with E-state index in [4.69, 9.17) is 15.1 Å². The molecule has 8 heteroatoms. The Kier molecular flexibility index (Phi) is 3.91. The summed E-state index contributed by atoms with van der Waals surface area (Å²) in [6, 6.07) is 13.8. The van der Waals surface area contributed by atoms with Gasteiger partial charge in [0.1, 0.15) is 5.01 Å². The van der Waals surface area contributed by atoms with Gasteiger partial charge in [0, 0.05) is 34.2 Å². The number of aromatic nitrogens is 3. The van der Waals surface area contributed by atoms with E-state index in [0.717, 1.165) is 45.1 Å². The smallest absolute Gasteiger partial charge is 0.313 e. The molecule has 0 spiro atoms. The summed E-state index contributed by atoms with van der Waals surface area (Å²) in [5.41, 5.74) is 11.3. The molecule has 2 aromatic carbocycles. The van der Waals surface area contributed by atoms with Crippen molar-refractivity contribution in [2.45, 2.75) is 12.8 Å². The van der Waals surface area contributed by atoms with Gasteiger partial charge in [0.15, 0.2) is 0 Å². The monoisotopic (exact) mass is 389 g/mol. The first kappa shape index (κ1) is 16.6. The number of aryl methyl sites for hydroxylation is 1. The molecule has 138 valence electrons. The predicted molar refractivity (Wildman–Crippen MR) is 108 cm³/mol. The standard InChI is InChI=1S/C20H15N5O2S/c21-20-25-24-18(27-20)13-2-1-3-14(9-13)19-23-16(10-28-19)12-4-6-15-11(8-12)5-7-17(26)22-15/h1-4,6,8-10H,5,7H2,(H2,21,25)(H,22,26). The highest BCUT2D eigenvalue weighted by molar-refractivity contribution is 7.13. The number of hydrogen-bond donors (Lipinski definition) is 2. The molecule has 0 atom stereocenters. The third-order valence-electron chi connectivity index (χ3n) is 4.60. The maximum Gasteiger partial charge on any atom is 0.313 e. The van der Waals surface area contributed by atoms with E-state index >= 15 is 0 Å². The topological polar surface area (TPSA) is 107 Å². The zero-order valence-electron chi connectivity index (χ0n) is 14.7. The van der Waals surface area contributed by atoms with Gasteiger partial charge in [-0.25, -0.2) is 4.98 Å². The molecular formula is C20H15N5O2S. The summed E-state index contributed by atoms with van der Waals surface area (Å²) >= 11 is 1.57. The highest BCUT2D eigenvalue weighted by Crippen LogP contribution is 2.33. The number of hydrogen-bond acceptors (Lipinski definition) is 7. The van der Waals surface area contributed by atoms with E-state index in [2.05, 4.69) is 21.6 Å². The Morgan fingerprint density at radius 2 is 1.93 bits per heavy atom. The number of carbonyl (C=O) groups is 1. The maximum atomic E-state index is 11.5. The first-order valence-electron chi connectivity index (χ1n) is 8.74. The van der Waals surface area contributed by atoms with Crippen LogP contribution in [0.5, 0.6) is 0 Å². The Morgan fingerprint density at radius 1 is 1.04 bits per heavy atom. The lowest BCUT2D eigenvalue weighted by Crippen LogP contribution is -2.18. The van der Waals surface area contributed by atoms with Crippen LogP contribution in [0.25, 0.3) is 33.3 Å². The number of fused-ring (bicyclic) bond motifs is 1. The van der Waals surface area contributed by atoms with Gasteiger partial charge in [-0.3, -0.25) is 4.79 Å². The SMILES string of the molecule is Nc1nnc(-c2cccc(-c3nc(-c4ccc5c(c4)CCC(=O)N5)cs3)c2)o1. The van der Waals surface area contributed by atoms with Gasteiger partial charge in [-0.15, -0.1) is 16.4 Å². The fraction of sp³-hybridized carbons (Fsp3) is 0.100. The zero-order chi connectivity index (χ0) is 19.1. The molecule has 0 aliphatic carbocycles. The number of anilines is 2. The molecule has 1 aliphatic heterocycles. The van der Waals surface area contributed by atoms with Crippen LogP contribution in [-0.2, 0) is 11.2 Å². The molecule has 1 aliphatic rings. The molecule has 5 rings (SSSR count). The van der Waals surface area contributed by atoms with Gasteiger partial charge < -0.3 is 15.5 Å². The maximum absolute atomic E-state index is 11.5. The van der Waals surface area contributed by atoms with Crippen LogP contribution in [0.4, 0.5) is 11.7 Å². The summed E-state index contributed by atoms with van der Waals surface area (Å²) in [5.74, 6) is 0.451. The number of thiazole rings is 1. The van der Waals surface area contributed by atoms with E-state index in [1.54, 1.807) is 11.3 Å². The number of amides is 1. The second-order valence-corrected chi connectivity index (χ2v) is 7.34. The number of benzene rings is 2. The minimum Gasteiger partial charge on any atom is -0.404 e. The highest BCUT2D eigenvalue weighted by atomic mass is 32.1. The van der Waals surface area contributed by atoms with Crippen molar-refractivity contribution in [2.75, 3.05) is 11.1 Å². The molecule has 3 heterocycles. The van der Waals surface area contributed by atoms with Crippen molar-refractivity contribution >= 4 is 28.9 Å². The predicted octanol–water partition coefficient (Wildman–Crippen LogP) is 3.99. The van der Waals surface area contributed by atoms with Crippen molar-refractivity contribution in [1.29, 1.82) is 0 Å². The molecule has 28 heavy (non-hydrogen) atoms. The van der Waals surface area contributed by atoms with Crippen LogP contribution in [0.3, 0.4) is 0 Å². The van der Waals surface area contributed by atoms with Crippen molar-refractivity contribution in [2.24, 2.45) is 0 Å². The van der Waals surface area contributed by atoms with E-state index in [-0.39, 0.29) is 11.9 Å². The second-order valence-electron chi connectivity index (χ2n) is 6.48. The highest BCUT2D eigenvalue weighted by Gasteiger charge is 2.16. The average molecular weight is 389 g/mol. The molecule has 3 N–H and O–H groups in total. The molecule has 4 aromatic rings. The van der Waals surface area contributed by atoms with Crippen molar-refractivity contribution in [1.82, 2.24) is 15.2 Å². The number of nitrogens with zero attached hydrogens (tertiary/aromatic N) is 3. The number of rotatable bonds is 3. The van der Waals surface area contributed by atoms with Gasteiger partial charge in [-0.05, 0) is 36.2 Å². The van der Waals surface area contributed by atoms with E-state index < -0.39 is 0 Å². The largest absolute Gasteiger partial charge is 0.404 e. The molecule has 2 aromatic heterocycles. The fourth-order valence-corrected chi connectivity index (χ4v) is 4.04. The summed E-state index contributed by atoms with van der Waals surface area (Å²) in [5, 5.41) is 13.5. The molecule has 0 saturated heterocycles. The Hall–Kier alpha value is -3.52.